The lowest BCUT2D eigenvalue weighted by Crippen LogP contribution is -2.55. The summed E-state index contributed by atoms with van der Waals surface area (Å²) >= 11 is 0. The van der Waals surface area contributed by atoms with Crippen LogP contribution in [0.4, 0.5) is 4.39 Å². The van der Waals surface area contributed by atoms with Crippen LogP contribution in [0.1, 0.15) is 15.9 Å². The molecule has 2 heterocycles. The van der Waals surface area contributed by atoms with Crippen molar-refractivity contribution in [1.82, 2.24) is 9.80 Å². The highest BCUT2D eigenvalue weighted by atomic mass is 19.1. The second kappa shape index (κ2) is 10.0. The maximum Gasteiger partial charge on any atom is 0.267 e. The third-order valence-electron chi connectivity index (χ3n) is 6.06. The maximum absolute atomic E-state index is 13.1. The molecule has 1 atom stereocenters. The highest BCUT2D eigenvalue weighted by Crippen LogP contribution is 2.31. The number of benzene rings is 3. The number of amides is 2. The average Bonchev–Trinajstić information content (AvgIpc) is 2.92. The van der Waals surface area contributed by atoms with Gasteiger partial charge in [0.25, 0.3) is 11.8 Å². The molecule has 0 radical (unpaired) electrons. The predicted molar refractivity (Wildman–Crippen MR) is 126 cm³/mol. The Bertz CT molecular complexity index is 1210. The van der Waals surface area contributed by atoms with Crippen LogP contribution in [-0.4, -0.2) is 60.5 Å². The first-order valence-electron chi connectivity index (χ1n) is 11.5. The van der Waals surface area contributed by atoms with Gasteiger partial charge >= 0.3 is 0 Å². The molecule has 0 bridgehead atoms. The van der Waals surface area contributed by atoms with Gasteiger partial charge in [-0.05, 0) is 48.0 Å². The Balaban J connectivity index is 1.15. The molecule has 35 heavy (non-hydrogen) atoms. The number of hydrogen-bond acceptors (Lipinski definition) is 5. The summed E-state index contributed by atoms with van der Waals surface area (Å²) in [5.41, 5.74) is 1.35. The maximum atomic E-state index is 13.1. The van der Waals surface area contributed by atoms with Crippen molar-refractivity contribution in [3.8, 4) is 17.2 Å². The first-order chi connectivity index (χ1) is 17.1. The molecular formula is C27H25FN2O5. The molecule has 5 rings (SSSR count). The minimum absolute atomic E-state index is 0.115. The number of rotatable bonds is 5. The summed E-state index contributed by atoms with van der Waals surface area (Å²) in [5, 5.41) is 0. The van der Waals surface area contributed by atoms with Crippen LogP contribution in [0.3, 0.4) is 0 Å². The lowest BCUT2D eigenvalue weighted by Gasteiger charge is -2.37. The van der Waals surface area contributed by atoms with Crippen molar-refractivity contribution in [3.05, 3.63) is 89.7 Å². The summed E-state index contributed by atoms with van der Waals surface area (Å²) in [6.07, 6.45) is -0.693. The molecule has 8 heteroatoms. The van der Waals surface area contributed by atoms with Crippen molar-refractivity contribution in [2.45, 2.75) is 12.7 Å². The SMILES string of the molecule is O=C(c1cccc(OCc2ccc(F)cc2)c1)N1CCN(C(=O)C2COc3ccccc3O2)CC1. The van der Waals surface area contributed by atoms with Crippen LogP contribution in [-0.2, 0) is 11.4 Å². The molecule has 0 aromatic heterocycles. The molecule has 3 aromatic carbocycles. The Kier molecular flexibility index (Phi) is 6.52. The van der Waals surface area contributed by atoms with Crippen LogP contribution < -0.4 is 14.2 Å². The van der Waals surface area contributed by atoms with Gasteiger partial charge < -0.3 is 24.0 Å². The topological polar surface area (TPSA) is 68.3 Å². The van der Waals surface area contributed by atoms with E-state index in [9.17, 15) is 14.0 Å². The van der Waals surface area contributed by atoms with Crippen LogP contribution in [0.2, 0.25) is 0 Å². The normalized spacial score (nSPS) is 17.1. The molecule has 180 valence electrons. The van der Waals surface area contributed by atoms with E-state index in [1.54, 1.807) is 52.3 Å². The van der Waals surface area contributed by atoms with Crippen molar-refractivity contribution in [1.29, 1.82) is 0 Å². The van der Waals surface area contributed by atoms with Crippen molar-refractivity contribution >= 4 is 11.8 Å². The zero-order chi connectivity index (χ0) is 24.2. The van der Waals surface area contributed by atoms with Gasteiger partial charge in [-0.25, -0.2) is 4.39 Å². The largest absolute Gasteiger partial charge is 0.489 e. The van der Waals surface area contributed by atoms with Gasteiger partial charge in [-0.15, -0.1) is 0 Å². The Morgan fingerprint density at radius 3 is 2.37 bits per heavy atom. The molecule has 7 nitrogen and oxygen atoms in total. The predicted octanol–water partition coefficient (Wildman–Crippen LogP) is 3.53. The molecule has 0 N–H and O–H groups in total. The van der Waals surface area contributed by atoms with Gasteiger partial charge in [0.2, 0.25) is 6.10 Å². The number of fused-ring (bicyclic) bond motifs is 1. The van der Waals surface area contributed by atoms with Crippen LogP contribution in [0.5, 0.6) is 17.2 Å². The number of piperazine rings is 1. The van der Waals surface area contributed by atoms with Crippen molar-refractivity contribution in [3.63, 3.8) is 0 Å². The zero-order valence-electron chi connectivity index (χ0n) is 19.1. The minimum Gasteiger partial charge on any atom is -0.489 e. The third-order valence-corrected chi connectivity index (χ3v) is 6.06. The second-order valence-corrected chi connectivity index (χ2v) is 8.42. The van der Waals surface area contributed by atoms with E-state index in [2.05, 4.69) is 0 Å². The second-order valence-electron chi connectivity index (χ2n) is 8.42. The van der Waals surface area contributed by atoms with E-state index in [1.807, 2.05) is 18.2 Å². The van der Waals surface area contributed by atoms with E-state index in [0.717, 1.165) is 5.56 Å². The van der Waals surface area contributed by atoms with Crippen molar-refractivity contribution < 1.29 is 28.2 Å². The van der Waals surface area contributed by atoms with E-state index in [0.29, 0.717) is 49.0 Å². The Hall–Kier alpha value is -4.07. The van der Waals surface area contributed by atoms with E-state index in [-0.39, 0.29) is 30.8 Å². The van der Waals surface area contributed by atoms with Crippen LogP contribution >= 0.6 is 0 Å². The van der Waals surface area contributed by atoms with Crippen molar-refractivity contribution in [2.75, 3.05) is 32.8 Å². The van der Waals surface area contributed by atoms with Crippen LogP contribution in [0.15, 0.2) is 72.8 Å². The van der Waals surface area contributed by atoms with Gasteiger partial charge in [0.05, 0.1) is 0 Å². The fourth-order valence-corrected chi connectivity index (χ4v) is 4.12. The quantitative estimate of drug-likeness (QED) is 0.564. The number of carbonyl (C=O) groups excluding carboxylic acids is 2. The molecule has 1 saturated heterocycles. The van der Waals surface area contributed by atoms with E-state index in [1.165, 1.54) is 12.1 Å². The van der Waals surface area contributed by atoms with E-state index < -0.39 is 6.10 Å². The summed E-state index contributed by atoms with van der Waals surface area (Å²) < 4.78 is 30.3. The first-order valence-corrected chi connectivity index (χ1v) is 11.5. The fourth-order valence-electron chi connectivity index (χ4n) is 4.12. The number of nitrogens with zero attached hydrogens (tertiary/aromatic N) is 2. The molecule has 0 spiro atoms. The molecule has 1 fully saturated rings. The zero-order valence-corrected chi connectivity index (χ0v) is 19.1. The third kappa shape index (κ3) is 5.21. The number of carbonyl (C=O) groups is 2. The number of para-hydroxylation sites is 2. The molecule has 2 aliphatic heterocycles. The highest BCUT2D eigenvalue weighted by molar-refractivity contribution is 5.95. The summed E-state index contributed by atoms with van der Waals surface area (Å²) in [4.78, 5) is 29.5. The van der Waals surface area contributed by atoms with E-state index in [4.69, 9.17) is 14.2 Å². The molecule has 2 amide bonds. The van der Waals surface area contributed by atoms with Gasteiger partial charge in [0.1, 0.15) is 24.8 Å². The monoisotopic (exact) mass is 476 g/mol. The standard InChI is InChI=1S/C27H25FN2O5/c28-21-10-8-19(9-11-21)17-33-22-5-3-4-20(16-22)26(31)29-12-14-30(15-13-29)27(32)25-18-34-23-6-1-2-7-24(23)35-25/h1-11,16,25H,12-15,17-18H2. The molecule has 0 saturated carbocycles. The summed E-state index contributed by atoms with van der Waals surface area (Å²) in [6.45, 7) is 2.14. The Morgan fingerprint density at radius 2 is 1.60 bits per heavy atom. The summed E-state index contributed by atoms with van der Waals surface area (Å²) in [7, 11) is 0. The molecule has 1 unspecified atom stereocenters. The van der Waals surface area contributed by atoms with Gasteiger partial charge in [-0.2, -0.15) is 0 Å². The molecular weight excluding hydrogens is 451 g/mol. The summed E-state index contributed by atoms with van der Waals surface area (Å²) in [5.74, 6) is 1.21. The lowest BCUT2D eigenvalue weighted by molar-refractivity contribution is -0.142. The summed E-state index contributed by atoms with van der Waals surface area (Å²) in [6, 6.07) is 20.4. The first kappa shape index (κ1) is 22.7. The van der Waals surface area contributed by atoms with Crippen molar-refractivity contribution in [2.24, 2.45) is 0 Å². The fraction of sp³-hybridized carbons (Fsp3) is 0.259. The van der Waals surface area contributed by atoms with Crippen LogP contribution in [0, 0.1) is 5.82 Å². The number of halogens is 1. The lowest BCUT2D eigenvalue weighted by atomic mass is 10.1. The van der Waals surface area contributed by atoms with Gasteiger partial charge in [-0.1, -0.05) is 30.3 Å². The molecule has 2 aliphatic rings. The number of ether oxygens (including phenoxy) is 3. The minimum atomic E-state index is -0.693. The van der Waals surface area contributed by atoms with Gasteiger partial charge in [0.15, 0.2) is 11.5 Å². The number of hydrogen-bond donors (Lipinski definition) is 0. The van der Waals surface area contributed by atoms with Gasteiger partial charge in [0, 0.05) is 31.7 Å². The van der Waals surface area contributed by atoms with E-state index >= 15 is 0 Å². The smallest absolute Gasteiger partial charge is 0.267 e. The highest BCUT2D eigenvalue weighted by Gasteiger charge is 2.33. The molecule has 0 aliphatic carbocycles. The Labute approximate surface area is 202 Å². The Morgan fingerprint density at radius 1 is 0.886 bits per heavy atom. The van der Waals surface area contributed by atoms with Gasteiger partial charge in [-0.3, -0.25) is 9.59 Å². The average molecular weight is 477 g/mol. The molecule has 3 aromatic rings. The van der Waals surface area contributed by atoms with Crippen LogP contribution in [0.25, 0.3) is 0 Å².